The molecular formula is C26H22N4O6. The summed E-state index contributed by atoms with van der Waals surface area (Å²) in [5, 5.41) is 2.80. The fourth-order valence-electron chi connectivity index (χ4n) is 4.12. The Bertz CT molecular complexity index is 1360. The number of ketones is 1. The smallest absolute Gasteiger partial charge is 0.299 e. The van der Waals surface area contributed by atoms with E-state index in [1.165, 1.54) is 4.90 Å². The first-order chi connectivity index (χ1) is 17.4. The highest BCUT2D eigenvalue weighted by molar-refractivity contribution is 6.52. The lowest BCUT2D eigenvalue weighted by Crippen LogP contribution is -2.49. The summed E-state index contributed by atoms with van der Waals surface area (Å²) in [6, 6.07) is 14.1. The van der Waals surface area contributed by atoms with Gasteiger partial charge in [-0.3, -0.25) is 29.1 Å². The standard InChI is InChI=1S/C26H22N4O6/c1-16(25(33)28-18-8-9-21-22(11-18)36-15-35-21)29(13-17-5-4-10-27-12-17)23(31)14-30-20-7-3-2-6-19(20)24(32)26(30)34/h2-12,16H,13-15H2,1H3,(H,28,33)/t16-/m1/s1. The van der Waals surface area contributed by atoms with Gasteiger partial charge in [0.1, 0.15) is 12.6 Å². The fraction of sp³-hybridized carbons (Fsp3) is 0.192. The highest BCUT2D eigenvalue weighted by Gasteiger charge is 2.38. The SMILES string of the molecule is C[C@H](C(=O)Nc1ccc2c(c1)OCO2)N(Cc1cccnc1)C(=O)CN1C(=O)C(=O)c2ccccc21. The van der Waals surface area contributed by atoms with E-state index >= 15 is 0 Å². The van der Waals surface area contributed by atoms with Crippen molar-refractivity contribution >= 4 is 34.9 Å². The highest BCUT2D eigenvalue weighted by Crippen LogP contribution is 2.34. The van der Waals surface area contributed by atoms with Gasteiger partial charge in [0.25, 0.3) is 11.7 Å². The second kappa shape index (κ2) is 9.49. The van der Waals surface area contributed by atoms with E-state index in [0.717, 1.165) is 4.90 Å². The van der Waals surface area contributed by atoms with Crippen molar-refractivity contribution in [3.63, 3.8) is 0 Å². The maximum Gasteiger partial charge on any atom is 0.299 e. The van der Waals surface area contributed by atoms with E-state index in [2.05, 4.69) is 10.3 Å². The van der Waals surface area contributed by atoms with Gasteiger partial charge in [0.05, 0.1) is 11.3 Å². The summed E-state index contributed by atoms with van der Waals surface area (Å²) in [5.41, 5.74) is 1.82. The Labute approximate surface area is 206 Å². The van der Waals surface area contributed by atoms with Gasteiger partial charge in [-0.25, -0.2) is 0 Å². The molecular weight excluding hydrogens is 464 g/mol. The first-order valence-corrected chi connectivity index (χ1v) is 11.3. The molecule has 0 saturated heterocycles. The Morgan fingerprint density at radius 1 is 1.08 bits per heavy atom. The number of carbonyl (C=O) groups excluding carboxylic acids is 4. The lowest BCUT2D eigenvalue weighted by atomic mass is 10.1. The van der Waals surface area contributed by atoms with Crippen molar-refractivity contribution in [2.45, 2.75) is 19.5 Å². The molecule has 3 amide bonds. The van der Waals surface area contributed by atoms with Crippen LogP contribution in [0.2, 0.25) is 0 Å². The van der Waals surface area contributed by atoms with Crippen molar-refractivity contribution in [2.24, 2.45) is 0 Å². The minimum atomic E-state index is -0.910. The summed E-state index contributed by atoms with van der Waals surface area (Å²) < 4.78 is 10.7. The number of hydrogen-bond donors (Lipinski definition) is 1. The molecule has 2 aliphatic heterocycles. The first kappa shape index (κ1) is 23.0. The summed E-state index contributed by atoms with van der Waals surface area (Å²) in [4.78, 5) is 58.2. The summed E-state index contributed by atoms with van der Waals surface area (Å²) in [5.74, 6) is -1.27. The molecule has 5 rings (SSSR count). The van der Waals surface area contributed by atoms with E-state index in [9.17, 15) is 19.2 Å². The predicted molar refractivity (Wildman–Crippen MR) is 129 cm³/mol. The molecule has 3 heterocycles. The van der Waals surface area contributed by atoms with Crippen LogP contribution in [0, 0.1) is 0 Å². The Kier molecular flexibility index (Phi) is 6.07. The van der Waals surface area contributed by atoms with E-state index in [1.807, 2.05) is 0 Å². The zero-order valence-corrected chi connectivity index (χ0v) is 19.3. The van der Waals surface area contributed by atoms with Crippen molar-refractivity contribution in [2.75, 3.05) is 23.6 Å². The fourth-order valence-corrected chi connectivity index (χ4v) is 4.12. The zero-order valence-electron chi connectivity index (χ0n) is 19.3. The molecule has 1 aromatic heterocycles. The molecule has 2 aliphatic rings. The van der Waals surface area contributed by atoms with Gasteiger partial charge in [0.15, 0.2) is 11.5 Å². The summed E-state index contributed by atoms with van der Waals surface area (Å²) in [6.07, 6.45) is 3.21. The van der Waals surface area contributed by atoms with E-state index in [0.29, 0.717) is 28.4 Å². The van der Waals surface area contributed by atoms with Crippen LogP contribution in [0.5, 0.6) is 11.5 Å². The Balaban J connectivity index is 1.37. The summed E-state index contributed by atoms with van der Waals surface area (Å²) in [6.45, 7) is 1.41. The van der Waals surface area contributed by atoms with Crippen LogP contribution in [-0.2, 0) is 20.9 Å². The van der Waals surface area contributed by atoms with Gasteiger partial charge >= 0.3 is 0 Å². The molecule has 0 bridgehead atoms. The number of aromatic nitrogens is 1. The molecule has 10 nitrogen and oxygen atoms in total. The number of nitrogens with zero attached hydrogens (tertiary/aromatic N) is 3. The van der Waals surface area contributed by atoms with Gasteiger partial charge in [-0.1, -0.05) is 18.2 Å². The normalized spacial score (nSPS) is 14.4. The Morgan fingerprint density at radius 3 is 2.69 bits per heavy atom. The maximum absolute atomic E-state index is 13.5. The quantitative estimate of drug-likeness (QED) is 0.510. The van der Waals surface area contributed by atoms with Crippen molar-refractivity contribution < 1.29 is 28.7 Å². The molecule has 10 heteroatoms. The third-order valence-corrected chi connectivity index (χ3v) is 6.06. The Morgan fingerprint density at radius 2 is 1.89 bits per heavy atom. The van der Waals surface area contributed by atoms with E-state index in [-0.39, 0.29) is 25.4 Å². The van der Waals surface area contributed by atoms with Gasteiger partial charge < -0.3 is 19.7 Å². The van der Waals surface area contributed by atoms with Crippen molar-refractivity contribution in [1.82, 2.24) is 9.88 Å². The maximum atomic E-state index is 13.5. The number of benzene rings is 2. The molecule has 0 aliphatic carbocycles. The number of nitrogens with one attached hydrogen (secondary N) is 1. The number of Topliss-reactive ketones (excluding diaryl/α,β-unsaturated/α-hetero) is 1. The number of amides is 3. The molecule has 1 atom stereocenters. The highest BCUT2D eigenvalue weighted by atomic mass is 16.7. The van der Waals surface area contributed by atoms with E-state index in [1.54, 1.807) is 73.9 Å². The van der Waals surface area contributed by atoms with Crippen molar-refractivity contribution in [3.8, 4) is 11.5 Å². The second-order valence-electron chi connectivity index (χ2n) is 8.35. The molecule has 0 fully saturated rings. The number of hydrogen-bond acceptors (Lipinski definition) is 7. The largest absolute Gasteiger partial charge is 0.454 e. The van der Waals surface area contributed by atoms with Gasteiger partial charge in [-0.05, 0) is 42.8 Å². The van der Waals surface area contributed by atoms with Crippen LogP contribution >= 0.6 is 0 Å². The molecule has 0 spiro atoms. The van der Waals surface area contributed by atoms with Crippen LogP contribution in [0.25, 0.3) is 0 Å². The number of fused-ring (bicyclic) bond motifs is 2. The van der Waals surface area contributed by atoms with Crippen LogP contribution in [0.1, 0.15) is 22.8 Å². The number of anilines is 2. The van der Waals surface area contributed by atoms with E-state index in [4.69, 9.17) is 9.47 Å². The monoisotopic (exact) mass is 486 g/mol. The number of pyridine rings is 1. The molecule has 36 heavy (non-hydrogen) atoms. The number of carbonyl (C=O) groups is 4. The molecule has 0 saturated carbocycles. The van der Waals surface area contributed by atoms with Gasteiger partial charge in [-0.15, -0.1) is 0 Å². The number of rotatable bonds is 7. The van der Waals surface area contributed by atoms with Crippen molar-refractivity contribution in [3.05, 3.63) is 78.1 Å². The van der Waals surface area contributed by atoms with Gasteiger partial charge in [0, 0.05) is 30.7 Å². The average Bonchev–Trinajstić information content (AvgIpc) is 3.46. The van der Waals surface area contributed by atoms with Crippen LogP contribution < -0.4 is 19.7 Å². The van der Waals surface area contributed by atoms with Crippen LogP contribution in [-0.4, -0.2) is 52.8 Å². The lowest BCUT2D eigenvalue weighted by Gasteiger charge is -2.30. The predicted octanol–water partition coefficient (Wildman–Crippen LogP) is 2.40. The summed E-state index contributed by atoms with van der Waals surface area (Å²) in [7, 11) is 0. The van der Waals surface area contributed by atoms with Crippen molar-refractivity contribution in [1.29, 1.82) is 0 Å². The number of para-hydroxylation sites is 1. The van der Waals surface area contributed by atoms with Crippen LogP contribution in [0.15, 0.2) is 67.0 Å². The molecule has 0 radical (unpaired) electrons. The second-order valence-corrected chi connectivity index (χ2v) is 8.35. The average molecular weight is 486 g/mol. The van der Waals surface area contributed by atoms with Gasteiger partial charge in [0.2, 0.25) is 18.6 Å². The van der Waals surface area contributed by atoms with E-state index < -0.39 is 29.5 Å². The molecule has 1 N–H and O–H groups in total. The zero-order chi connectivity index (χ0) is 25.2. The minimum absolute atomic E-state index is 0.0834. The topological polar surface area (TPSA) is 118 Å². The number of ether oxygens (including phenoxy) is 2. The molecule has 2 aromatic carbocycles. The van der Waals surface area contributed by atoms with Gasteiger partial charge in [-0.2, -0.15) is 0 Å². The minimum Gasteiger partial charge on any atom is -0.454 e. The van der Waals surface area contributed by atoms with Crippen LogP contribution in [0.4, 0.5) is 11.4 Å². The third-order valence-electron chi connectivity index (χ3n) is 6.06. The van der Waals surface area contributed by atoms with Crippen LogP contribution in [0.3, 0.4) is 0 Å². The summed E-state index contributed by atoms with van der Waals surface area (Å²) >= 11 is 0. The lowest BCUT2D eigenvalue weighted by molar-refractivity contribution is -0.138. The molecule has 182 valence electrons. The Hall–Kier alpha value is -4.73. The molecule has 0 unspecified atom stereocenters. The first-order valence-electron chi connectivity index (χ1n) is 11.3. The third kappa shape index (κ3) is 4.36. The molecule has 3 aromatic rings.